The van der Waals surface area contributed by atoms with Crippen molar-refractivity contribution in [2.24, 2.45) is 0 Å². The van der Waals surface area contributed by atoms with E-state index >= 15 is 0 Å². The Kier molecular flexibility index (Phi) is 4.20. The number of rotatable bonds is 3. The monoisotopic (exact) mass is 379 g/mol. The topological polar surface area (TPSA) is 54.8 Å². The van der Waals surface area contributed by atoms with Crippen LogP contribution in [0.25, 0.3) is 11.0 Å². The lowest BCUT2D eigenvalue weighted by Crippen LogP contribution is -2.34. The van der Waals surface area contributed by atoms with E-state index in [-0.39, 0.29) is 0 Å². The maximum atomic E-state index is 6.40. The Morgan fingerprint density at radius 3 is 2.56 bits per heavy atom. The first-order valence-corrected chi connectivity index (χ1v) is 10.1. The summed E-state index contributed by atoms with van der Waals surface area (Å²) in [7, 11) is 0. The molecule has 1 saturated carbocycles. The van der Waals surface area contributed by atoms with Crippen molar-refractivity contribution in [2.45, 2.75) is 44.4 Å². The second kappa shape index (κ2) is 6.71. The Balaban J connectivity index is 1.35. The van der Waals surface area contributed by atoms with Crippen LogP contribution in [-0.4, -0.2) is 33.0 Å². The fourth-order valence-corrected chi connectivity index (χ4v) is 4.08. The van der Waals surface area contributed by atoms with Gasteiger partial charge in [0.2, 0.25) is 0 Å². The number of fused-ring (bicyclic) bond motifs is 1. The van der Waals surface area contributed by atoms with E-state index in [1.165, 1.54) is 12.8 Å². The van der Waals surface area contributed by atoms with Gasteiger partial charge in [-0.15, -0.1) is 0 Å². The number of piperidine rings is 1. The predicted octanol–water partition coefficient (Wildman–Crippen LogP) is 4.64. The maximum Gasteiger partial charge on any atom is 0.159 e. The van der Waals surface area contributed by atoms with Crippen LogP contribution in [0.15, 0.2) is 30.5 Å². The molecule has 4 heterocycles. The van der Waals surface area contributed by atoms with E-state index in [1.54, 1.807) is 6.20 Å². The second-order valence-electron chi connectivity index (χ2n) is 7.64. The molecular weight excluding hydrogens is 358 g/mol. The van der Waals surface area contributed by atoms with Crippen LogP contribution in [0.2, 0.25) is 5.15 Å². The molecular formula is C21H22ClN5. The molecule has 6 heteroatoms. The summed E-state index contributed by atoms with van der Waals surface area (Å²) in [5.74, 6) is 2.91. The third kappa shape index (κ3) is 3.25. The van der Waals surface area contributed by atoms with Crippen LogP contribution in [0.1, 0.15) is 54.6 Å². The average molecular weight is 380 g/mol. The van der Waals surface area contributed by atoms with Crippen LogP contribution in [0.4, 0.5) is 5.82 Å². The van der Waals surface area contributed by atoms with Gasteiger partial charge in [-0.05, 0) is 56.9 Å². The van der Waals surface area contributed by atoms with Gasteiger partial charge < -0.3 is 4.90 Å². The number of nitrogens with zero attached hydrogens (tertiary/aromatic N) is 5. The summed E-state index contributed by atoms with van der Waals surface area (Å²) in [5, 5.41) is 1.70. The van der Waals surface area contributed by atoms with Crippen LogP contribution < -0.4 is 4.90 Å². The van der Waals surface area contributed by atoms with Gasteiger partial charge >= 0.3 is 0 Å². The molecule has 5 nitrogen and oxygen atoms in total. The SMILES string of the molecule is Cc1c(Cl)nc(C2CC2)nc1N1CCC(c2ccc3cccnc3n2)CC1. The van der Waals surface area contributed by atoms with Gasteiger partial charge in [0, 0.05) is 47.8 Å². The van der Waals surface area contributed by atoms with Crippen LogP contribution in [0, 0.1) is 6.92 Å². The molecule has 0 bridgehead atoms. The molecule has 138 valence electrons. The molecule has 0 aromatic carbocycles. The summed E-state index contributed by atoms with van der Waals surface area (Å²) in [6.45, 7) is 3.95. The first kappa shape index (κ1) is 16.9. The van der Waals surface area contributed by atoms with Gasteiger partial charge in [-0.25, -0.2) is 19.9 Å². The Labute approximate surface area is 163 Å². The predicted molar refractivity (Wildman–Crippen MR) is 107 cm³/mol. The van der Waals surface area contributed by atoms with Crippen LogP contribution >= 0.6 is 11.6 Å². The third-order valence-corrected chi connectivity index (χ3v) is 6.09. The van der Waals surface area contributed by atoms with Crippen molar-refractivity contribution >= 4 is 28.5 Å². The van der Waals surface area contributed by atoms with Crippen LogP contribution in [0.3, 0.4) is 0 Å². The summed E-state index contributed by atoms with van der Waals surface area (Å²) < 4.78 is 0. The minimum atomic E-state index is 0.466. The highest BCUT2D eigenvalue weighted by Gasteiger charge is 2.30. The smallest absolute Gasteiger partial charge is 0.159 e. The molecule has 5 rings (SSSR count). The molecule has 2 aliphatic rings. The molecule has 0 radical (unpaired) electrons. The van der Waals surface area contributed by atoms with Crippen LogP contribution in [-0.2, 0) is 0 Å². The van der Waals surface area contributed by atoms with Gasteiger partial charge in [0.25, 0.3) is 0 Å². The number of hydrogen-bond acceptors (Lipinski definition) is 5. The standard InChI is InChI=1S/C21H22ClN5/c1-13-18(22)25-20(16-4-5-16)26-21(13)27-11-8-14(9-12-27)17-7-6-15-3-2-10-23-19(15)24-17/h2-3,6-7,10,14,16H,4-5,8-9,11-12H2,1H3. The summed E-state index contributed by atoms with van der Waals surface area (Å²) in [6.07, 6.45) is 6.29. The molecule has 0 unspecified atom stereocenters. The molecule has 1 saturated heterocycles. The van der Waals surface area contributed by atoms with Crippen molar-refractivity contribution in [3.63, 3.8) is 0 Å². The maximum absolute atomic E-state index is 6.40. The highest BCUT2D eigenvalue weighted by Crippen LogP contribution is 2.40. The lowest BCUT2D eigenvalue weighted by Gasteiger charge is -2.33. The van der Waals surface area contributed by atoms with Gasteiger partial charge in [0.15, 0.2) is 5.65 Å². The first-order valence-electron chi connectivity index (χ1n) is 9.69. The molecule has 3 aromatic rings. The van der Waals surface area contributed by atoms with E-state index in [1.807, 2.05) is 13.0 Å². The van der Waals surface area contributed by atoms with Crippen molar-refractivity contribution in [3.8, 4) is 0 Å². The number of aromatic nitrogens is 4. The number of anilines is 1. The van der Waals surface area contributed by atoms with Crippen molar-refractivity contribution in [1.82, 2.24) is 19.9 Å². The largest absolute Gasteiger partial charge is 0.356 e. The van der Waals surface area contributed by atoms with Gasteiger partial charge in [-0.1, -0.05) is 11.6 Å². The molecule has 0 amide bonds. The molecule has 0 atom stereocenters. The first-order chi connectivity index (χ1) is 13.2. The Bertz CT molecular complexity index is 993. The quantitative estimate of drug-likeness (QED) is 0.620. The summed E-state index contributed by atoms with van der Waals surface area (Å²) in [5.41, 5.74) is 2.98. The zero-order chi connectivity index (χ0) is 18.4. The van der Waals surface area contributed by atoms with E-state index in [2.05, 4.69) is 33.1 Å². The molecule has 0 N–H and O–H groups in total. The van der Waals surface area contributed by atoms with Gasteiger partial charge in [0.05, 0.1) is 0 Å². The Morgan fingerprint density at radius 1 is 0.963 bits per heavy atom. The minimum absolute atomic E-state index is 0.466. The second-order valence-corrected chi connectivity index (χ2v) is 8.00. The molecule has 1 aliphatic heterocycles. The number of halogens is 1. The molecule has 0 spiro atoms. The van der Waals surface area contributed by atoms with E-state index in [0.29, 0.717) is 17.0 Å². The molecule has 2 fully saturated rings. The van der Waals surface area contributed by atoms with Gasteiger partial charge in [-0.2, -0.15) is 0 Å². The molecule has 27 heavy (non-hydrogen) atoms. The fraction of sp³-hybridized carbons (Fsp3) is 0.429. The summed E-state index contributed by atoms with van der Waals surface area (Å²) >= 11 is 6.40. The van der Waals surface area contributed by atoms with Gasteiger partial charge in [0.1, 0.15) is 16.8 Å². The van der Waals surface area contributed by atoms with Gasteiger partial charge in [-0.3, -0.25) is 0 Å². The van der Waals surface area contributed by atoms with Crippen molar-refractivity contribution in [2.75, 3.05) is 18.0 Å². The Morgan fingerprint density at radius 2 is 1.78 bits per heavy atom. The van der Waals surface area contributed by atoms with Crippen molar-refractivity contribution < 1.29 is 0 Å². The highest BCUT2D eigenvalue weighted by molar-refractivity contribution is 6.30. The Hall–Kier alpha value is -2.27. The third-order valence-electron chi connectivity index (χ3n) is 5.72. The van der Waals surface area contributed by atoms with E-state index in [0.717, 1.165) is 59.9 Å². The normalized spacial score (nSPS) is 18.2. The zero-order valence-corrected chi connectivity index (χ0v) is 16.2. The summed E-state index contributed by atoms with van der Waals surface area (Å²) in [4.78, 5) is 20.9. The fourth-order valence-electron chi connectivity index (χ4n) is 3.91. The van der Waals surface area contributed by atoms with Crippen molar-refractivity contribution in [3.05, 3.63) is 52.7 Å². The lowest BCUT2D eigenvalue weighted by molar-refractivity contribution is 0.493. The zero-order valence-electron chi connectivity index (χ0n) is 15.4. The van der Waals surface area contributed by atoms with E-state index in [4.69, 9.17) is 21.6 Å². The summed E-state index contributed by atoms with van der Waals surface area (Å²) in [6, 6.07) is 8.30. The molecule has 1 aliphatic carbocycles. The highest BCUT2D eigenvalue weighted by atomic mass is 35.5. The van der Waals surface area contributed by atoms with Crippen LogP contribution in [0.5, 0.6) is 0 Å². The number of hydrogen-bond donors (Lipinski definition) is 0. The van der Waals surface area contributed by atoms with Crippen molar-refractivity contribution in [1.29, 1.82) is 0 Å². The van der Waals surface area contributed by atoms with E-state index < -0.39 is 0 Å². The molecule has 3 aromatic heterocycles. The lowest BCUT2D eigenvalue weighted by atomic mass is 9.92. The number of pyridine rings is 2. The average Bonchev–Trinajstić information content (AvgIpc) is 3.55. The minimum Gasteiger partial charge on any atom is -0.356 e. The van der Waals surface area contributed by atoms with E-state index in [9.17, 15) is 0 Å².